The number of amides is 1. The predicted octanol–water partition coefficient (Wildman–Crippen LogP) is 2.36. The van der Waals surface area contributed by atoms with Crippen LogP contribution in [0.4, 0.5) is 13.2 Å². The molecule has 0 aromatic heterocycles. The number of amidine groups is 1. The van der Waals surface area contributed by atoms with Crippen LogP contribution in [0, 0.1) is 0 Å². The van der Waals surface area contributed by atoms with Crippen molar-refractivity contribution in [1.29, 1.82) is 0 Å². The van der Waals surface area contributed by atoms with E-state index < -0.39 is 17.3 Å². The Labute approximate surface area is 102 Å². The fraction of sp³-hybridized carbons (Fsp3) is 0.333. The largest absolute Gasteiger partial charge is 0.416 e. The summed E-state index contributed by atoms with van der Waals surface area (Å²) in [5.41, 5.74) is -1.45. The maximum Gasteiger partial charge on any atom is 0.416 e. The Kier molecular flexibility index (Phi) is 2.68. The number of rotatable bonds is 1. The summed E-state index contributed by atoms with van der Waals surface area (Å²) < 4.78 is 37.7. The monoisotopic (exact) mass is 256 g/mol. The quantitative estimate of drug-likeness (QED) is 0.823. The summed E-state index contributed by atoms with van der Waals surface area (Å²) in [7, 11) is 0. The molecule has 18 heavy (non-hydrogen) atoms. The minimum absolute atomic E-state index is 0.177. The number of hydrogen-bond donors (Lipinski definition) is 1. The fourth-order valence-corrected chi connectivity index (χ4v) is 1.60. The van der Waals surface area contributed by atoms with Gasteiger partial charge in [0.15, 0.2) is 0 Å². The molecule has 0 unspecified atom stereocenters. The van der Waals surface area contributed by atoms with Gasteiger partial charge in [0, 0.05) is 5.56 Å². The lowest BCUT2D eigenvalue weighted by Gasteiger charge is -2.08. The summed E-state index contributed by atoms with van der Waals surface area (Å²) in [6.45, 7) is 3.20. The molecule has 1 aromatic rings. The molecule has 0 radical (unpaired) electrons. The van der Waals surface area contributed by atoms with Gasteiger partial charge < -0.3 is 5.32 Å². The minimum Gasteiger partial charge on any atom is -0.308 e. The lowest BCUT2D eigenvalue weighted by Crippen LogP contribution is -2.34. The summed E-state index contributed by atoms with van der Waals surface area (Å²) >= 11 is 0. The van der Waals surface area contributed by atoms with Gasteiger partial charge in [-0.25, -0.2) is 0 Å². The second-order valence-electron chi connectivity index (χ2n) is 4.55. The molecule has 1 heterocycles. The van der Waals surface area contributed by atoms with Crippen LogP contribution in [-0.2, 0) is 11.0 Å². The van der Waals surface area contributed by atoms with Gasteiger partial charge >= 0.3 is 6.18 Å². The third kappa shape index (κ3) is 2.23. The highest BCUT2D eigenvalue weighted by Gasteiger charge is 2.35. The number of hydrogen-bond acceptors (Lipinski definition) is 2. The zero-order valence-corrected chi connectivity index (χ0v) is 9.80. The maximum absolute atomic E-state index is 12.6. The molecular weight excluding hydrogens is 245 g/mol. The Balaban J connectivity index is 2.40. The van der Waals surface area contributed by atoms with Gasteiger partial charge in [0.2, 0.25) is 0 Å². The Morgan fingerprint density at radius 3 is 2.44 bits per heavy atom. The van der Waals surface area contributed by atoms with Gasteiger partial charge in [-0.3, -0.25) is 9.79 Å². The van der Waals surface area contributed by atoms with Crippen LogP contribution in [0.5, 0.6) is 0 Å². The van der Waals surface area contributed by atoms with Crippen molar-refractivity contribution >= 4 is 11.7 Å². The van der Waals surface area contributed by atoms with Crippen molar-refractivity contribution in [2.75, 3.05) is 0 Å². The first-order chi connectivity index (χ1) is 8.20. The fourth-order valence-electron chi connectivity index (χ4n) is 1.60. The SMILES string of the molecule is CC1(C)N=C(c2cccc(C(F)(F)F)c2)NC1=O. The standard InChI is InChI=1S/C12H11F3N2O/c1-11(2)10(18)16-9(17-11)7-4-3-5-8(6-7)12(13,14)15/h3-6H,1-2H3,(H,16,17,18). The normalized spacial score (nSPS) is 18.5. The van der Waals surface area contributed by atoms with Gasteiger partial charge in [0.1, 0.15) is 11.4 Å². The number of nitrogens with zero attached hydrogens (tertiary/aromatic N) is 1. The lowest BCUT2D eigenvalue weighted by molar-refractivity contribution is -0.137. The van der Waals surface area contributed by atoms with Crippen LogP contribution in [0.2, 0.25) is 0 Å². The molecule has 1 N–H and O–H groups in total. The topological polar surface area (TPSA) is 41.5 Å². The summed E-state index contributed by atoms with van der Waals surface area (Å²) in [6.07, 6.45) is -4.41. The highest BCUT2D eigenvalue weighted by atomic mass is 19.4. The number of halogens is 3. The van der Waals surface area contributed by atoms with Crippen molar-refractivity contribution in [2.45, 2.75) is 25.6 Å². The average molecular weight is 256 g/mol. The van der Waals surface area contributed by atoms with Gasteiger partial charge in [0.05, 0.1) is 5.56 Å². The van der Waals surface area contributed by atoms with Crippen molar-refractivity contribution in [2.24, 2.45) is 4.99 Å². The number of nitrogens with one attached hydrogen (secondary N) is 1. The van der Waals surface area contributed by atoms with E-state index in [-0.39, 0.29) is 17.3 Å². The summed E-state index contributed by atoms with van der Waals surface area (Å²) in [6, 6.07) is 4.72. The second kappa shape index (κ2) is 3.83. The van der Waals surface area contributed by atoms with Crippen molar-refractivity contribution in [3.05, 3.63) is 35.4 Å². The molecule has 0 fully saturated rings. The van der Waals surface area contributed by atoms with Gasteiger partial charge in [-0.05, 0) is 26.0 Å². The molecule has 3 nitrogen and oxygen atoms in total. The summed E-state index contributed by atoms with van der Waals surface area (Å²) in [5.74, 6) is -0.147. The lowest BCUT2D eigenvalue weighted by atomic mass is 10.1. The molecule has 6 heteroatoms. The first kappa shape index (κ1) is 12.6. The predicted molar refractivity (Wildman–Crippen MR) is 60.2 cm³/mol. The first-order valence-corrected chi connectivity index (χ1v) is 5.29. The van der Waals surface area contributed by atoms with Gasteiger partial charge in [-0.1, -0.05) is 12.1 Å². The van der Waals surface area contributed by atoms with Crippen LogP contribution < -0.4 is 5.32 Å². The highest BCUT2D eigenvalue weighted by Crippen LogP contribution is 2.30. The third-order valence-corrected chi connectivity index (χ3v) is 2.64. The Morgan fingerprint density at radius 1 is 1.28 bits per heavy atom. The summed E-state index contributed by atoms with van der Waals surface area (Å²) in [5, 5.41) is 2.48. The second-order valence-corrected chi connectivity index (χ2v) is 4.55. The van der Waals surface area contributed by atoms with Gasteiger partial charge in [-0.2, -0.15) is 13.2 Å². The van der Waals surface area contributed by atoms with Gasteiger partial charge in [-0.15, -0.1) is 0 Å². The van der Waals surface area contributed by atoms with Crippen molar-refractivity contribution in [3.8, 4) is 0 Å². The number of aliphatic imine (C=N–C) groups is 1. The minimum atomic E-state index is -4.41. The summed E-state index contributed by atoms with van der Waals surface area (Å²) in [4.78, 5) is 15.6. The van der Waals surface area contributed by atoms with Crippen LogP contribution in [-0.4, -0.2) is 17.3 Å². The smallest absolute Gasteiger partial charge is 0.308 e. The molecule has 0 aliphatic carbocycles. The molecule has 0 bridgehead atoms. The van der Waals surface area contributed by atoms with E-state index in [1.54, 1.807) is 13.8 Å². The zero-order valence-electron chi connectivity index (χ0n) is 9.80. The molecule has 96 valence electrons. The third-order valence-electron chi connectivity index (χ3n) is 2.64. The maximum atomic E-state index is 12.6. The number of benzene rings is 1. The first-order valence-electron chi connectivity index (χ1n) is 5.29. The van der Waals surface area contributed by atoms with Crippen LogP contribution in [0.15, 0.2) is 29.3 Å². The van der Waals surface area contributed by atoms with E-state index in [0.29, 0.717) is 0 Å². The molecule has 0 atom stereocenters. The van der Waals surface area contributed by atoms with Crippen LogP contribution >= 0.6 is 0 Å². The molecule has 1 amide bonds. The molecule has 1 aliphatic rings. The van der Waals surface area contributed by atoms with E-state index in [1.807, 2.05) is 0 Å². The Bertz CT molecular complexity index is 532. The molecule has 1 aliphatic heterocycles. The van der Waals surface area contributed by atoms with Crippen molar-refractivity contribution in [3.63, 3.8) is 0 Å². The van der Waals surface area contributed by atoms with Crippen LogP contribution in [0.1, 0.15) is 25.0 Å². The number of carbonyl (C=O) groups is 1. The van der Waals surface area contributed by atoms with Crippen LogP contribution in [0.3, 0.4) is 0 Å². The van der Waals surface area contributed by atoms with E-state index >= 15 is 0 Å². The molecule has 0 saturated heterocycles. The van der Waals surface area contributed by atoms with E-state index in [9.17, 15) is 18.0 Å². The highest BCUT2D eigenvalue weighted by molar-refractivity contribution is 6.15. The van der Waals surface area contributed by atoms with E-state index in [0.717, 1.165) is 12.1 Å². The Hall–Kier alpha value is -1.85. The van der Waals surface area contributed by atoms with E-state index in [1.165, 1.54) is 12.1 Å². The molecular formula is C12H11F3N2O. The van der Waals surface area contributed by atoms with Crippen molar-refractivity contribution in [1.82, 2.24) is 5.32 Å². The van der Waals surface area contributed by atoms with E-state index in [2.05, 4.69) is 10.3 Å². The molecule has 1 aromatic carbocycles. The van der Waals surface area contributed by atoms with Crippen LogP contribution in [0.25, 0.3) is 0 Å². The van der Waals surface area contributed by atoms with E-state index in [4.69, 9.17) is 0 Å². The molecule has 2 rings (SSSR count). The zero-order chi connectivity index (χ0) is 13.6. The average Bonchev–Trinajstić information content (AvgIpc) is 2.53. The van der Waals surface area contributed by atoms with Crippen molar-refractivity contribution < 1.29 is 18.0 Å². The number of carbonyl (C=O) groups excluding carboxylic acids is 1. The molecule has 0 spiro atoms. The Morgan fingerprint density at radius 2 is 1.94 bits per heavy atom. The van der Waals surface area contributed by atoms with Gasteiger partial charge in [0.25, 0.3) is 5.91 Å². The number of alkyl halides is 3. The molecule has 0 saturated carbocycles.